The van der Waals surface area contributed by atoms with Crippen molar-refractivity contribution >= 4 is 6.03 Å². The number of pyridine rings is 1. The minimum atomic E-state index is -0.0509. The highest BCUT2D eigenvalue weighted by Gasteiger charge is 2.22. The second kappa shape index (κ2) is 6.52. The van der Waals surface area contributed by atoms with E-state index in [1.54, 1.807) is 18.1 Å². The van der Waals surface area contributed by atoms with Crippen molar-refractivity contribution in [1.29, 1.82) is 0 Å². The van der Waals surface area contributed by atoms with E-state index < -0.39 is 0 Å². The Morgan fingerprint density at radius 1 is 1.47 bits per heavy atom. The fraction of sp³-hybridized carbons (Fsp3) is 0.571. The lowest BCUT2D eigenvalue weighted by Gasteiger charge is -2.29. The maximum absolute atomic E-state index is 12.2. The van der Waals surface area contributed by atoms with Gasteiger partial charge in [-0.25, -0.2) is 4.79 Å². The lowest BCUT2D eigenvalue weighted by Crippen LogP contribution is -2.46. The number of carbonyl (C=O) groups excluding carboxylic acids is 1. The number of aromatic nitrogens is 1. The Bertz CT molecular complexity index is 404. The molecule has 1 saturated heterocycles. The summed E-state index contributed by atoms with van der Waals surface area (Å²) < 4.78 is 5.28. The van der Waals surface area contributed by atoms with Crippen molar-refractivity contribution in [3.8, 4) is 0 Å². The summed E-state index contributed by atoms with van der Waals surface area (Å²) in [6.45, 7) is 3.43. The number of nitrogens with one attached hydrogen (secondary N) is 1. The van der Waals surface area contributed by atoms with E-state index in [0.29, 0.717) is 0 Å². The van der Waals surface area contributed by atoms with Gasteiger partial charge in [-0.15, -0.1) is 0 Å². The summed E-state index contributed by atoms with van der Waals surface area (Å²) in [5.74, 6) is 0. The lowest BCUT2D eigenvalue weighted by atomic mass is 10.1. The summed E-state index contributed by atoms with van der Waals surface area (Å²) >= 11 is 0. The Hall–Kier alpha value is -1.62. The topological polar surface area (TPSA) is 54.5 Å². The average Bonchev–Trinajstić information content (AvgIpc) is 2.47. The number of amides is 2. The second-order valence-corrected chi connectivity index (χ2v) is 4.88. The highest BCUT2D eigenvalue weighted by molar-refractivity contribution is 5.74. The van der Waals surface area contributed by atoms with Gasteiger partial charge in [0, 0.05) is 32.5 Å². The minimum absolute atomic E-state index is 0.0407. The number of hydrogen-bond donors (Lipinski definition) is 1. The van der Waals surface area contributed by atoms with Gasteiger partial charge in [-0.2, -0.15) is 0 Å². The van der Waals surface area contributed by atoms with Crippen LogP contribution in [0.15, 0.2) is 24.4 Å². The maximum atomic E-state index is 12.2. The Kier molecular flexibility index (Phi) is 4.74. The van der Waals surface area contributed by atoms with Crippen LogP contribution < -0.4 is 5.32 Å². The van der Waals surface area contributed by atoms with Gasteiger partial charge in [-0.05, 0) is 31.9 Å². The van der Waals surface area contributed by atoms with Crippen molar-refractivity contribution in [2.75, 3.05) is 20.3 Å². The van der Waals surface area contributed by atoms with Crippen LogP contribution in [0.25, 0.3) is 0 Å². The van der Waals surface area contributed by atoms with E-state index in [1.165, 1.54) is 0 Å². The zero-order valence-electron chi connectivity index (χ0n) is 11.5. The quantitative estimate of drug-likeness (QED) is 0.907. The molecule has 1 fully saturated rings. The standard InChI is InChI=1S/C14H21N3O2/c1-11(13-5-3-4-8-15-13)17(2)14(18)16-12-6-9-19-10-7-12/h3-5,8,11-12H,6-7,9-10H2,1-2H3,(H,16,18). The van der Waals surface area contributed by atoms with Crippen LogP contribution in [-0.4, -0.2) is 42.2 Å². The smallest absolute Gasteiger partial charge is 0.317 e. The van der Waals surface area contributed by atoms with E-state index in [1.807, 2.05) is 25.1 Å². The highest BCUT2D eigenvalue weighted by Crippen LogP contribution is 2.16. The van der Waals surface area contributed by atoms with Gasteiger partial charge in [0.05, 0.1) is 11.7 Å². The van der Waals surface area contributed by atoms with Crippen LogP contribution in [0.2, 0.25) is 0 Å². The van der Waals surface area contributed by atoms with Crippen molar-refractivity contribution in [2.24, 2.45) is 0 Å². The monoisotopic (exact) mass is 263 g/mol. The van der Waals surface area contributed by atoms with Crippen LogP contribution in [0.5, 0.6) is 0 Å². The predicted octanol–water partition coefficient (Wildman–Crippen LogP) is 1.96. The number of rotatable bonds is 3. The molecule has 2 heterocycles. The molecule has 1 atom stereocenters. The Balaban J connectivity index is 1.91. The second-order valence-electron chi connectivity index (χ2n) is 4.88. The predicted molar refractivity (Wildman–Crippen MR) is 72.8 cm³/mol. The van der Waals surface area contributed by atoms with Gasteiger partial charge in [0.1, 0.15) is 0 Å². The molecular weight excluding hydrogens is 242 g/mol. The normalized spacial score (nSPS) is 17.8. The summed E-state index contributed by atoms with van der Waals surface area (Å²) in [7, 11) is 1.80. The van der Waals surface area contributed by atoms with Gasteiger partial charge >= 0.3 is 6.03 Å². The molecule has 104 valence electrons. The maximum Gasteiger partial charge on any atom is 0.317 e. The summed E-state index contributed by atoms with van der Waals surface area (Å²) in [5.41, 5.74) is 0.895. The van der Waals surface area contributed by atoms with Crippen molar-refractivity contribution in [1.82, 2.24) is 15.2 Å². The molecule has 0 spiro atoms. The highest BCUT2D eigenvalue weighted by atomic mass is 16.5. The molecule has 0 aliphatic carbocycles. The van der Waals surface area contributed by atoms with Gasteiger partial charge in [0.2, 0.25) is 0 Å². The van der Waals surface area contributed by atoms with Crippen molar-refractivity contribution < 1.29 is 9.53 Å². The molecule has 5 heteroatoms. The number of hydrogen-bond acceptors (Lipinski definition) is 3. The molecular formula is C14H21N3O2. The number of ether oxygens (including phenoxy) is 1. The van der Waals surface area contributed by atoms with Gasteiger partial charge in [-0.1, -0.05) is 6.07 Å². The average molecular weight is 263 g/mol. The van der Waals surface area contributed by atoms with E-state index in [2.05, 4.69) is 10.3 Å². The van der Waals surface area contributed by atoms with Gasteiger partial charge in [-0.3, -0.25) is 4.98 Å². The van der Waals surface area contributed by atoms with Gasteiger partial charge in [0.15, 0.2) is 0 Å². The molecule has 1 aromatic heterocycles. The zero-order valence-corrected chi connectivity index (χ0v) is 11.5. The first kappa shape index (κ1) is 13.8. The van der Waals surface area contributed by atoms with Crippen molar-refractivity contribution in [2.45, 2.75) is 31.8 Å². The molecule has 19 heavy (non-hydrogen) atoms. The largest absolute Gasteiger partial charge is 0.381 e. The van der Waals surface area contributed by atoms with Crippen LogP contribution in [0.3, 0.4) is 0 Å². The van der Waals surface area contributed by atoms with Gasteiger partial charge < -0.3 is 15.0 Å². The third kappa shape index (κ3) is 3.67. The molecule has 1 N–H and O–H groups in total. The minimum Gasteiger partial charge on any atom is -0.381 e. The summed E-state index contributed by atoms with van der Waals surface area (Å²) in [6.07, 6.45) is 3.52. The number of urea groups is 1. The molecule has 1 aliphatic heterocycles. The van der Waals surface area contributed by atoms with E-state index >= 15 is 0 Å². The zero-order chi connectivity index (χ0) is 13.7. The molecule has 0 saturated carbocycles. The first-order chi connectivity index (χ1) is 9.18. The van der Waals surface area contributed by atoms with Crippen LogP contribution in [-0.2, 0) is 4.74 Å². The summed E-state index contributed by atoms with van der Waals surface area (Å²) in [6, 6.07) is 5.87. The SMILES string of the molecule is CC(c1ccccn1)N(C)C(=O)NC1CCOCC1. The van der Waals surface area contributed by atoms with Crippen molar-refractivity contribution in [3.63, 3.8) is 0 Å². The number of carbonyl (C=O) groups is 1. The third-order valence-corrected chi connectivity index (χ3v) is 3.57. The first-order valence-electron chi connectivity index (χ1n) is 6.70. The fourth-order valence-corrected chi connectivity index (χ4v) is 2.12. The van der Waals surface area contributed by atoms with E-state index in [9.17, 15) is 4.79 Å². The molecule has 1 aliphatic rings. The van der Waals surface area contributed by atoms with Crippen LogP contribution >= 0.6 is 0 Å². The van der Waals surface area contributed by atoms with Crippen LogP contribution in [0.4, 0.5) is 4.79 Å². The molecule has 0 aromatic carbocycles. The summed E-state index contributed by atoms with van der Waals surface area (Å²) in [5, 5.41) is 3.05. The molecule has 0 bridgehead atoms. The van der Waals surface area contributed by atoms with Crippen LogP contribution in [0.1, 0.15) is 31.5 Å². The van der Waals surface area contributed by atoms with E-state index in [0.717, 1.165) is 31.7 Å². The molecule has 2 rings (SSSR count). The molecule has 0 radical (unpaired) electrons. The number of nitrogens with zero attached hydrogens (tertiary/aromatic N) is 2. The Morgan fingerprint density at radius 3 is 2.84 bits per heavy atom. The Morgan fingerprint density at radius 2 is 2.21 bits per heavy atom. The van der Waals surface area contributed by atoms with Crippen molar-refractivity contribution in [3.05, 3.63) is 30.1 Å². The molecule has 1 unspecified atom stereocenters. The molecule has 5 nitrogen and oxygen atoms in total. The Labute approximate surface area is 114 Å². The lowest BCUT2D eigenvalue weighted by molar-refractivity contribution is 0.0778. The fourth-order valence-electron chi connectivity index (χ4n) is 2.12. The van der Waals surface area contributed by atoms with E-state index in [4.69, 9.17) is 4.74 Å². The van der Waals surface area contributed by atoms with Gasteiger partial charge in [0.25, 0.3) is 0 Å². The molecule has 2 amide bonds. The summed E-state index contributed by atoms with van der Waals surface area (Å²) in [4.78, 5) is 18.2. The molecule has 1 aromatic rings. The first-order valence-corrected chi connectivity index (χ1v) is 6.70. The van der Waals surface area contributed by atoms with E-state index in [-0.39, 0.29) is 18.1 Å². The van der Waals surface area contributed by atoms with Crippen LogP contribution in [0, 0.1) is 0 Å². The third-order valence-electron chi connectivity index (χ3n) is 3.57.